The van der Waals surface area contributed by atoms with Crippen LogP contribution in [-0.4, -0.2) is 68.3 Å². The van der Waals surface area contributed by atoms with Gasteiger partial charge < -0.3 is 4.90 Å². The number of amides is 1. The highest BCUT2D eigenvalue weighted by molar-refractivity contribution is 7.92. The van der Waals surface area contributed by atoms with Crippen molar-refractivity contribution in [2.24, 2.45) is 0 Å². The lowest BCUT2D eigenvalue weighted by Gasteiger charge is -2.22. The molecule has 9 nitrogen and oxygen atoms in total. The maximum Gasteiger partial charge on any atom is 0.253 e. The van der Waals surface area contributed by atoms with Gasteiger partial charge in [-0.05, 0) is 57.4 Å². The molecule has 33 heavy (non-hydrogen) atoms. The van der Waals surface area contributed by atoms with Crippen molar-refractivity contribution >= 4 is 31.5 Å². The summed E-state index contributed by atoms with van der Waals surface area (Å²) in [5, 5.41) is 4.58. The summed E-state index contributed by atoms with van der Waals surface area (Å²) in [5.41, 5.74) is 4.54. The van der Waals surface area contributed by atoms with Gasteiger partial charge in [0.2, 0.25) is 10.0 Å². The molecule has 2 aliphatic heterocycles. The van der Waals surface area contributed by atoms with Gasteiger partial charge in [0.25, 0.3) is 5.91 Å². The van der Waals surface area contributed by atoms with Crippen LogP contribution in [0, 0.1) is 13.8 Å². The van der Waals surface area contributed by atoms with Crippen LogP contribution in [0.25, 0.3) is 0 Å². The number of benzene rings is 1. The molecule has 1 aromatic carbocycles. The molecule has 2 aromatic rings. The highest BCUT2D eigenvalue weighted by Crippen LogP contribution is 2.35. The molecule has 3 heterocycles. The number of rotatable bonds is 5. The van der Waals surface area contributed by atoms with E-state index in [1.165, 1.54) is 10.6 Å². The van der Waals surface area contributed by atoms with Gasteiger partial charge in [0.05, 0.1) is 35.2 Å². The minimum Gasteiger partial charge on any atom is -0.337 e. The molecule has 2 aliphatic rings. The van der Waals surface area contributed by atoms with E-state index in [0.29, 0.717) is 30.6 Å². The summed E-state index contributed by atoms with van der Waals surface area (Å²) < 4.78 is 51.3. The third-order valence-corrected chi connectivity index (χ3v) is 9.63. The Morgan fingerprint density at radius 3 is 2.58 bits per heavy atom. The molecule has 0 aliphatic carbocycles. The third-order valence-electron chi connectivity index (χ3n) is 6.61. The van der Waals surface area contributed by atoms with Crippen molar-refractivity contribution in [3.8, 4) is 0 Å². The van der Waals surface area contributed by atoms with E-state index in [9.17, 15) is 21.6 Å². The lowest BCUT2D eigenvalue weighted by molar-refractivity contribution is 0.0784. The van der Waals surface area contributed by atoms with Crippen molar-refractivity contribution in [1.29, 1.82) is 0 Å². The van der Waals surface area contributed by atoms with Crippen molar-refractivity contribution in [3.63, 3.8) is 0 Å². The standard InChI is InChI=1S/C22H30N4O5S2/c1-14-10-18-11-17(6-7-21(18)26(14)32(5,28)29)22(27)24(4)12-20-15(2)23-25(16(20)3)19-8-9-33(30,31)13-19/h6-7,11,14,19H,8-10,12-13H2,1-5H3/t14-,19-/m1/s1. The first kappa shape index (κ1) is 23.7. The predicted molar refractivity (Wildman–Crippen MR) is 127 cm³/mol. The number of carbonyl (C=O) groups excluding carboxylic acids is 1. The molecule has 0 saturated carbocycles. The van der Waals surface area contributed by atoms with E-state index in [0.717, 1.165) is 22.5 Å². The number of aromatic nitrogens is 2. The summed E-state index contributed by atoms with van der Waals surface area (Å²) in [4.78, 5) is 14.8. The molecule has 1 saturated heterocycles. The fourth-order valence-corrected chi connectivity index (χ4v) is 7.98. The lowest BCUT2D eigenvalue weighted by Crippen LogP contribution is -2.34. The Kier molecular flexibility index (Phi) is 5.84. The SMILES string of the molecule is Cc1nn([C@@H]2CCS(=O)(=O)C2)c(C)c1CN(C)C(=O)c1ccc2c(c1)C[C@@H](C)N2S(C)(=O)=O. The Balaban J connectivity index is 1.54. The minimum absolute atomic E-state index is 0.0984. The second kappa shape index (κ2) is 8.12. The van der Waals surface area contributed by atoms with E-state index < -0.39 is 19.9 Å². The van der Waals surface area contributed by atoms with E-state index >= 15 is 0 Å². The third kappa shape index (κ3) is 4.40. The van der Waals surface area contributed by atoms with Gasteiger partial charge >= 0.3 is 0 Å². The number of aryl methyl sites for hydroxylation is 1. The first-order chi connectivity index (χ1) is 15.3. The molecule has 1 amide bonds. The summed E-state index contributed by atoms with van der Waals surface area (Å²) in [6, 6.07) is 4.80. The summed E-state index contributed by atoms with van der Waals surface area (Å²) in [6.45, 7) is 5.98. The van der Waals surface area contributed by atoms with Crippen molar-refractivity contribution in [2.75, 3.05) is 29.1 Å². The van der Waals surface area contributed by atoms with Crippen LogP contribution in [0.5, 0.6) is 0 Å². The summed E-state index contributed by atoms with van der Waals surface area (Å²) in [6.07, 6.45) is 2.30. The van der Waals surface area contributed by atoms with Gasteiger partial charge in [-0.3, -0.25) is 13.8 Å². The molecule has 0 spiro atoms. The average Bonchev–Trinajstić information content (AvgIpc) is 3.33. The molecule has 11 heteroatoms. The van der Waals surface area contributed by atoms with Gasteiger partial charge in [-0.1, -0.05) is 0 Å². The normalized spacial score (nSPS) is 21.9. The largest absolute Gasteiger partial charge is 0.337 e. The average molecular weight is 495 g/mol. The molecule has 1 fully saturated rings. The Morgan fingerprint density at radius 2 is 1.97 bits per heavy atom. The van der Waals surface area contributed by atoms with Crippen LogP contribution in [0.15, 0.2) is 18.2 Å². The van der Waals surface area contributed by atoms with E-state index in [4.69, 9.17) is 0 Å². The van der Waals surface area contributed by atoms with Gasteiger partial charge in [0, 0.05) is 36.5 Å². The Morgan fingerprint density at radius 1 is 1.27 bits per heavy atom. The number of sulfonamides is 1. The molecule has 0 radical (unpaired) electrons. The summed E-state index contributed by atoms with van der Waals surface area (Å²) in [5.74, 6) is 0.108. The smallest absolute Gasteiger partial charge is 0.253 e. The molecular formula is C22H30N4O5S2. The van der Waals surface area contributed by atoms with Crippen LogP contribution in [-0.2, 0) is 32.8 Å². The molecule has 0 unspecified atom stereocenters. The predicted octanol–water partition coefficient (Wildman–Crippen LogP) is 1.84. The maximum atomic E-state index is 13.2. The van der Waals surface area contributed by atoms with Crippen molar-refractivity contribution in [3.05, 3.63) is 46.3 Å². The molecule has 0 bridgehead atoms. The van der Waals surface area contributed by atoms with Crippen molar-refractivity contribution < 1.29 is 21.6 Å². The molecule has 180 valence electrons. The number of anilines is 1. The summed E-state index contributed by atoms with van der Waals surface area (Å²) in [7, 11) is -4.69. The number of hydrogen-bond acceptors (Lipinski definition) is 6. The number of fused-ring (bicyclic) bond motifs is 1. The fourth-order valence-electron chi connectivity index (χ4n) is 5.02. The van der Waals surface area contributed by atoms with Gasteiger partial charge in [-0.15, -0.1) is 0 Å². The quantitative estimate of drug-likeness (QED) is 0.627. The van der Waals surface area contributed by atoms with Crippen molar-refractivity contribution in [1.82, 2.24) is 14.7 Å². The van der Waals surface area contributed by atoms with Crippen LogP contribution in [0.3, 0.4) is 0 Å². The topological polar surface area (TPSA) is 110 Å². The highest BCUT2D eigenvalue weighted by atomic mass is 32.2. The highest BCUT2D eigenvalue weighted by Gasteiger charge is 2.34. The molecular weight excluding hydrogens is 464 g/mol. The zero-order valence-electron chi connectivity index (χ0n) is 19.6. The van der Waals surface area contributed by atoms with Crippen LogP contribution in [0.2, 0.25) is 0 Å². The van der Waals surface area contributed by atoms with Gasteiger partial charge in [-0.25, -0.2) is 16.8 Å². The maximum absolute atomic E-state index is 13.2. The fraction of sp³-hybridized carbons (Fsp3) is 0.545. The minimum atomic E-state index is -3.39. The molecule has 1 aromatic heterocycles. The van der Waals surface area contributed by atoms with E-state index in [1.807, 2.05) is 20.8 Å². The molecule has 0 N–H and O–H groups in total. The van der Waals surface area contributed by atoms with Gasteiger partial charge in [0.15, 0.2) is 9.84 Å². The first-order valence-electron chi connectivity index (χ1n) is 10.9. The lowest BCUT2D eigenvalue weighted by atomic mass is 10.1. The van der Waals surface area contributed by atoms with E-state index in [-0.39, 0.29) is 29.5 Å². The number of carbonyl (C=O) groups is 1. The monoisotopic (exact) mass is 494 g/mol. The van der Waals surface area contributed by atoms with Crippen LogP contribution < -0.4 is 4.31 Å². The zero-order chi connectivity index (χ0) is 24.3. The Hall–Kier alpha value is -2.40. The number of hydrogen-bond donors (Lipinski definition) is 0. The van der Waals surface area contributed by atoms with Crippen LogP contribution in [0.1, 0.15) is 52.3 Å². The number of sulfone groups is 1. The first-order valence-corrected chi connectivity index (χ1v) is 14.6. The Labute approximate surface area is 195 Å². The second-order valence-corrected chi connectivity index (χ2v) is 13.4. The number of nitrogens with zero attached hydrogens (tertiary/aromatic N) is 4. The summed E-state index contributed by atoms with van der Waals surface area (Å²) >= 11 is 0. The van der Waals surface area contributed by atoms with Crippen LogP contribution >= 0.6 is 0 Å². The van der Waals surface area contributed by atoms with E-state index in [1.54, 1.807) is 34.8 Å². The Bertz CT molecular complexity index is 1330. The van der Waals surface area contributed by atoms with Crippen LogP contribution in [0.4, 0.5) is 5.69 Å². The van der Waals surface area contributed by atoms with E-state index in [2.05, 4.69) is 5.10 Å². The van der Waals surface area contributed by atoms with Gasteiger partial charge in [0.1, 0.15) is 0 Å². The molecule has 4 rings (SSSR count). The zero-order valence-corrected chi connectivity index (χ0v) is 21.2. The van der Waals surface area contributed by atoms with Gasteiger partial charge in [-0.2, -0.15) is 5.10 Å². The van der Waals surface area contributed by atoms with Crippen molar-refractivity contribution in [2.45, 2.75) is 52.2 Å². The second-order valence-electron chi connectivity index (χ2n) is 9.27. The molecule has 2 atom stereocenters.